The van der Waals surface area contributed by atoms with Crippen LogP contribution in [0.15, 0.2) is 83.7 Å². The topological polar surface area (TPSA) is 91.4 Å². The lowest BCUT2D eigenvalue weighted by Gasteiger charge is -2.12. The third kappa shape index (κ3) is 2.75. The highest BCUT2D eigenvalue weighted by molar-refractivity contribution is 5.98. The minimum atomic E-state index is -0.146. The van der Waals surface area contributed by atoms with Crippen molar-refractivity contribution in [2.24, 2.45) is 0 Å². The van der Waals surface area contributed by atoms with E-state index >= 15 is 0 Å². The fourth-order valence-corrected chi connectivity index (χ4v) is 3.26. The van der Waals surface area contributed by atoms with E-state index in [4.69, 9.17) is 0 Å². The van der Waals surface area contributed by atoms with Gasteiger partial charge < -0.3 is 5.32 Å². The Morgan fingerprint density at radius 1 is 0.893 bits per heavy atom. The summed E-state index contributed by atoms with van der Waals surface area (Å²) in [5.74, 6) is 0. The number of fused-ring (bicyclic) bond motifs is 1. The normalized spacial score (nSPS) is 11.0. The van der Waals surface area contributed by atoms with Crippen molar-refractivity contribution in [3.05, 3.63) is 89.2 Å². The molecule has 5 rings (SSSR count). The minimum Gasteiger partial charge on any atom is -0.355 e. The first-order chi connectivity index (χ1) is 13.8. The van der Waals surface area contributed by atoms with Crippen LogP contribution in [-0.4, -0.2) is 25.2 Å². The molecule has 0 spiro atoms. The van der Waals surface area contributed by atoms with Gasteiger partial charge in [-0.1, -0.05) is 41.6 Å². The zero-order valence-electron chi connectivity index (χ0n) is 14.8. The van der Waals surface area contributed by atoms with Gasteiger partial charge in [-0.15, -0.1) is 5.10 Å². The maximum atomic E-state index is 12.6. The van der Waals surface area contributed by atoms with E-state index in [-0.39, 0.29) is 5.56 Å². The third-order valence-corrected chi connectivity index (χ3v) is 4.56. The summed E-state index contributed by atoms with van der Waals surface area (Å²) in [5.41, 5.74) is 5.31. The van der Waals surface area contributed by atoms with E-state index in [1.54, 1.807) is 6.07 Å². The Labute approximate surface area is 159 Å². The molecule has 3 aromatic carbocycles. The van der Waals surface area contributed by atoms with Gasteiger partial charge in [0, 0.05) is 11.8 Å². The van der Waals surface area contributed by atoms with Crippen molar-refractivity contribution in [2.45, 2.75) is 0 Å². The predicted octanol–water partition coefficient (Wildman–Crippen LogP) is 3.85. The van der Waals surface area contributed by atoms with E-state index in [2.05, 4.69) is 25.8 Å². The van der Waals surface area contributed by atoms with Crippen LogP contribution in [0.2, 0.25) is 0 Å². The third-order valence-electron chi connectivity index (χ3n) is 4.56. The summed E-state index contributed by atoms with van der Waals surface area (Å²) in [4.78, 5) is 12.6. The molecular weight excluding hydrogens is 352 g/mol. The zero-order chi connectivity index (χ0) is 18.9. The van der Waals surface area contributed by atoms with Crippen LogP contribution in [0, 0.1) is 0 Å². The molecule has 2 aromatic heterocycles. The van der Waals surface area contributed by atoms with Gasteiger partial charge in [0.05, 0.1) is 28.1 Å². The lowest BCUT2D eigenvalue weighted by Crippen LogP contribution is -2.12. The number of para-hydroxylation sites is 2. The molecule has 0 aliphatic rings. The van der Waals surface area contributed by atoms with Gasteiger partial charge in [0.25, 0.3) is 5.56 Å². The van der Waals surface area contributed by atoms with E-state index in [1.807, 2.05) is 72.8 Å². The van der Waals surface area contributed by atoms with Crippen LogP contribution in [0.4, 0.5) is 11.4 Å². The quantitative estimate of drug-likeness (QED) is 0.449. The molecule has 0 aliphatic carbocycles. The van der Waals surface area contributed by atoms with Gasteiger partial charge in [0.2, 0.25) is 0 Å². The average molecular weight is 368 g/mol. The summed E-state index contributed by atoms with van der Waals surface area (Å²) in [6, 6.07) is 24.7. The van der Waals surface area contributed by atoms with Gasteiger partial charge in [0.15, 0.2) is 0 Å². The lowest BCUT2D eigenvalue weighted by atomic mass is 10.1. The van der Waals surface area contributed by atoms with Gasteiger partial charge in [-0.2, -0.15) is 0 Å². The summed E-state index contributed by atoms with van der Waals surface area (Å²) in [6.07, 6.45) is 0. The Morgan fingerprint density at radius 2 is 1.64 bits per heavy atom. The van der Waals surface area contributed by atoms with Crippen molar-refractivity contribution >= 4 is 22.4 Å². The zero-order valence-corrected chi connectivity index (χ0v) is 14.8. The second kappa shape index (κ2) is 6.55. The van der Waals surface area contributed by atoms with Gasteiger partial charge in [-0.25, -0.2) is 4.68 Å². The van der Waals surface area contributed by atoms with Crippen LogP contribution < -0.4 is 10.9 Å². The molecule has 0 radical (unpaired) electrons. The molecule has 0 aliphatic heterocycles. The van der Waals surface area contributed by atoms with Crippen molar-refractivity contribution in [3.8, 4) is 16.9 Å². The lowest BCUT2D eigenvalue weighted by molar-refractivity contribution is 0.853. The SMILES string of the molecule is O=c1cc(-c2c(Nc3ccccc3)ccc3[nH]nnc23)[nH]n1-c1ccccc1. The van der Waals surface area contributed by atoms with Crippen molar-refractivity contribution in [1.29, 1.82) is 0 Å². The highest BCUT2D eigenvalue weighted by Crippen LogP contribution is 2.34. The number of hydrogen-bond donors (Lipinski definition) is 3. The largest absolute Gasteiger partial charge is 0.355 e. The van der Waals surface area contributed by atoms with E-state index < -0.39 is 0 Å². The van der Waals surface area contributed by atoms with Gasteiger partial charge in [-0.05, 0) is 36.4 Å². The van der Waals surface area contributed by atoms with Crippen LogP contribution in [-0.2, 0) is 0 Å². The molecule has 136 valence electrons. The number of hydrogen-bond acceptors (Lipinski definition) is 4. The number of nitrogens with zero attached hydrogens (tertiary/aromatic N) is 3. The molecule has 0 bridgehead atoms. The Hall–Kier alpha value is -4.13. The van der Waals surface area contributed by atoms with Crippen LogP contribution >= 0.6 is 0 Å². The molecule has 0 atom stereocenters. The van der Waals surface area contributed by atoms with Gasteiger partial charge in [0.1, 0.15) is 5.52 Å². The summed E-state index contributed by atoms with van der Waals surface area (Å²) in [6.45, 7) is 0. The average Bonchev–Trinajstić information content (AvgIpc) is 3.36. The predicted molar refractivity (Wildman–Crippen MR) is 109 cm³/mol. The number of rotatable bonds is 4. The van der Waals surface area contributed by atoms with Crippen molar-refractivity contribution in [3.63, 3.8) is 0 Å². The van der Waals surface area contributed by atoms with E-state index in [0.717, 1.165) is 28.1 Å². The van der Waals surface area contributed by atoms with Gasteiger partial charge in [-0.3, -0.25) is 15.0 Å². The van der Waals surface area contributed by atoms with Crippen LogP contribution in [0.3, 0.4) is 0 Å². The van der Waals surface area contributed by atoms with Crippen LogP contribution in [0.5, 0.6) is 0 Å². The molecule has 0 saturated carbocycles. The van der Waals surface area contributed by atoms with Crippen molar-refractivity contribution < 1.29 is 0 Å². The first-order valence-electron chi connectivity index (χ1n) is 8.83. The highest BCUT2D eigenvalue weighted by Gasteiger charge is 2.17. The molecule has 7 nitrogen and oxygen atoms in total. The number of aromatic nitrogens is 5. The second-order valence-corrected chi connectivity index (χ2v) is 6.37. The van der Waals surface area contributed by atoms with Crippen LogP contribution in [0.25, 0.3) is 28.0 Å². The van der Waals surface area contributed by atoms with E-state index in [0.29, 0.717) is 11.2 Å². The maximum Gasteiger partial charge on any atom is 0.271 e. The van der Waals surface area contributed by atoms with Crippen molar-refractivity contribution in [1.82, 2.24) is 25.2 Å². The summed E-state index contributed by atoms with van der Waals surface area (Å²) < 4.78 is 1.51. The summed E-state index contributed by atoms with van der Waals surface area (Å²) in [5, 5.41) is 17.7. The number of benzene rings is 3. The van der Waals surface area contributed by atoms with Crippen LogP contribution in [0.1, 0.15) is 0 Å². The second-order valence-electron chi connectivity index (χ2n) is 6.37. The molecule has 2 heterocycles. The number of aromatic amines is 2. The molecule has 0 fully saturated rings. The molecule has 7 heteroatoms. The molecular formula is C21H16N6O. The number of nitrogens with one attached hydrogen (secondary N) is 3. The minimum absolute atomic E-state index is 0.146. The van der Waals surface area contributed by atoms with E-state index in [9.17, 15) is 4.79 Å². The fourth-order valence-electron chi connectivity index (χ4n) is 3.26. The molecule has 0 amide bonds. The van der Waals surface area contributed by atoms with E-state index in [1.165, 1.54) is 4.68 Å². The molecule has 3 N–H and O–H groups in total. The Kier molecular flexibility index (Phi) is 3.76. The standard InChI is InChI=1S/C21H16N6O/c28-19-13-18(25-27(19)15-9-5-2-6-10-15)20-16(22-14-7-3-1-4-8-14)11-12-17-21(20)24-26-23-17/h1-13,22,25H,(H,23,24,26). The number of anilines is 2. The molecule has 5 aromatic rings. The first kappa shape index (κ1) is 16.1. The summed E-state index contributed by atoms with van der Waals surface area (Å²) >= 11 is 0. The smallest absolute Gasteiger partial charge is 0.271 e. The summed E-state index contributed by atoms with van der Waals surface area (Å²) in [7, 11) is 0. The maximum absolute atomic E-state index is 12.6. The Morgan fingerprint density at radius 3 is 2.43 bits per heavy atom. The number of H-pyrrole nitrogens is 2. The van der Waals surface area contributed by atoms with Crippen molar-refractivity contribution in [2.75, 3.05) is 5.32 Å². The Balaban J connectivity index is 1.69. The monoisotopic (exact) mass is 368 g/mol. The highest BCUT2D eigenvalue weighted by atomic mass is 16.1. The molecule has 0 unspecified atom stereocenters. The fraction of sp³-hybridized carbons (Fsp3) is 0. The molecule has 28 heavy (non-hydrogen) atoms. The Bertz CT molecular complexity index is 1300. The molecule has 0 saturated heterocycles. The first-order valence-corrected chi connectivity index (χ1v) is 8.83. The van der Waals surface area contributed by atoms with Gasteiger partial charge >= 0.3 is 0 Å².